The molecule has 1 aliphatic heterocycles. The molecule has 12 heteroatoms. The fourth-order valence-electron chi connectivity index (χ4n) is 3.73. The minimum absolute atomic E-state index is 0.0271. The van der Waals surface area contributed by atoms with E-state index in [1.54, 1.807) is 4.90 Å². The number of aromatic carboxylic acids is 1. The number of fused-ring (bicyclic) bond motifs is 1. The van der Waals surface area contributed by atoms with Crippen LogP contribution in [0.3, 0.4) is 0 Å². The summed E-state index contributed by atoms with van der Waals surface area (Å²) in [6.07, 6.45) is 0.861. The van der Waals surface area contributed by atoms with E-state index in [0.29, 0.717) is 19.2 Å². The lowest BCUT2D eigenvalue weighted by Gasteiger charge is -2.42. The number of nitrogens with zero attached hydrogens (tertiary/aromatic N) is 3. The van der Waals surface area contributed by atoms with Crippen LogP contribution < -0.4 is 21.4 Å². The van der Waals surface area contributed by atoms with Crippen LogP contribution in [-0.4, -0.2) is 46.3 Å². The van der Waals surface area contributed by atoms with Gasteiger partial charge in [0, 0.05) is 31.4 Å². The maximum Gasteiger partial charge on any atom is 0.341 e. The van der Waals surface area contributed by atoms with Crippen LogP contribution in [0, 0.1) is 17.5 Å². The summed E-state index contributed by atoms with van der Waals surface area (Å²) in [5, 5.41) is 12.4. The Labute approximate surface area is 187 Å². The molecule has 0 atom stereocenters. The van der Waals surface area contributed by atoms with Crippen LogP contribution >= 0.6 is 15.9 Å². The lowest BCUT2D eigenvalue weighted by atomic mass is 10.0. The molecule has 4 N–H and O–H groups in total. The Balaban J connectivity index is 2.03. The zero-order chi connectivity index (χ0) is 23.3. The number of benzene rings is 1. The van der Waals surface area contributed by atoms with Crippen molar-refractivity contribution >= 4 is 44.3 Å². The van der Waals surface area contributed by atoms with Crippen molar-refractivity contribution in [3.05, 3.63) is 56.0 Å². The van der Waals surface area contributed by atoms with E-state index in [0.717, 1.165) is 23.4 Å². The molecule has 1 saturated heterocycles. The van der Waals surface area contributed by atoms with Crippen molar-refractivity contribution in [3.63, 3.8) is 0 Å². The fourth-order valence-corrected chi connectivity index (χ4v) is 4.58. The van der Waals surface area contributed by atoms with E-state index in [1.165, 1.54) is 0 Å². The monoisotopic (exact) mass is 511 g/mol. The minimum atomic E-state index is -1.60. The lowest BCUT2D eigenvalue weighted by molar-refractivity contribution is 0.0695. The Morgan fingerprint density at radius 2 is 1.97 bits per heavy atom. The molecular weight excluding hydrogens is 495 g/mol. The van der Waals surface area contributed by atoms with Crippen LogP contribution in [-0.2, 0) is 0 Å². The van der Waals surface area contributed by atoms with E-state index in [2.05, 4.69) is 26.2 Å². The Morgan fingerprint density at radius 3 is 2.59 bits per heavy atom. The van der Waals surface area contributed by atoms with Gasteiger partial charge in [-0.05, 0) is 28.5 Å². The number of nitrogen functional groups attached to an aromatic ring is 1. The molecule has 1 fully saturated rings. The average molecular weight is 512 g/mol. The van der Waals surface area contributed by atoms with Gasteiger partial charge in [-0.2, -0.15) is 0 Å². The van der Waals surface area contributed by atoms with Crippen molar-refractivity contribution in [1.82, 2.24) is 14.9 Å². The van der Waals surface area contributed by atoms with Crippen LogP contribution in [0.25, 0.3) is 16.7 Å². The molecule has 1 aliphatic rings. The summed E-state index contributed by atoms with van der Waals surface area (Å²) in [5.41, 5.74) is 3.88. The first-order chi connectivity index (χ1) is 15.1. The Bertz CT molecular complexity index is 1320. The third-order valence-corrected chi connectivity index (χ3v) is 5.99. The molecule has 3 aromatic rings. The summed E-state index contributed by atoms with van der Waals surface area (Å²) in [6.45, 7) is 3.67. The number of rotatable bonds is 5. The van der Waals surface area contributed by atoms with E-state index >= 15 is 4.39 Å². The molecule has 32 heavy (non-hydrogen) atoms. The average Bonchev–Trinajstić information content (AvgIpc) is 2.69. The highest BCUT2D eigenvalue weighted by molar-refractivity contribution is 9.10. The minimum Gasteiger partial charge on any atom is -0.477 e. The molecule has 4 rings (SSSR count). The number of halogens is 4. The molecule has 0 unspecified atom stereocenters. The van der Waals surface area contributed by atoms with E-state index in [9.17, 15) is 23.5 Å². The summed E-state index contributed by atoms with van der Waals surface area (Å²) < 4.78 is 44.4. The number of nitrogens with two attached hydrogens (primary N) is 1. The number of carboxylic acid groups (broad SMARTS) is 1. The number of aromatic nitrogens is 2. The molecule has 0 amide bonds. The van der Waals surface area contributed by atoms with Crippen LogP contribution in [0.2, 0.25) is 0 Å². The standard InChI is InChI=1S/C20H17BrF3N5O3/c1-2-26-8-5-28(6-8)16-11(22)3-9-15(14(16)21)29(7-10(17(9)30)20(31)32)19-13(24)4-12(23)18(25)27-19/h3-4,7-8,26H,2,5-6H2,1H3,(H2,25,27)(H,31,32). The van der Waals surface area contributed by atoms with Crippen molar-refractivity contribution in [2.24, 2.45) is 0 Å². The predicted octanol–water partition coefficient (Wildman–Crippen LogP) is 2.64. The second-order valence-corrected chi connectivity index (χ2v) is 8.08. The zero-order valence-corrected chi connectivity index (χ0v) is 18.2. The van der Waals surface area contributed by atoms with Gasteiger partial charge in [0.15, 0.2) is 23.3 Å². The van der Waals surface area contributed by atoms with Gasteiger partial charge in [-0.1, -0.05) is 6.92 Å². The summed E-state index contributed by atoms with van der Waals surface area (Å²) >= 11 is 3.30. The first-order valence-corrected chi connectivity index (χ1v) is 10.3. The smallest absolute Gasteiger partial charge is 0.341 e. The Kier molecular flexibility index (Phi) is 5.59. The molecule has 0 radical (unpaired) electrons. The van der Waals surface area contributed by atoms with Crippen LogP contribution in [0.1, 0.15) is 17.3 Å². The van der Waals surface area contributed by atoms with Gasteiger partial charge in [-0.25, -0.2) is 22.9 Å². The summed E-state index contributed by atoms with van der Waals surface area (Å²) in [7, 11) is 0. The third-order valence-electron chi connectivity index (χ3n) is 5.24. The van der Waals surface area contributed by atoms with Crippen molar-refractivity contribution in [3.8, 4) is 5.82 Å². The molecule has 0 saturated carbocycles. The second-order valence-electron chi connectivity index (χ2n) is 7.28. The first-order valence-electron chi connectivity index (χ1n) is 9.54. The topological polar surface area (TPSA) is 113 Å². The van der Waals surface area contributed by atoms with Crippen LogP contribution in [0.15, 0.2) is 27.6 Å². The number of nitrogens with one attached hydrogen (secondary N) is 1. The van der Waals surface area contributed by atoms with Gasteiger partial charge in [0.1, 0.15) is 11.4 Å². The second kappa shape index (κ2) is 8.10. The number of carbonyl (C=O) groups is 1. The molecule has 8 nitrogen and oxygen atoms in total. The molecule has 0 aliphatic carbocycles. The van der Waals surface area contributed by atoms with Crippen molar-refractivity contribution in [2.45, 2.75) is 13.0 Å². The highest BCUT2D eigenvalue weighted by Gasteiger charge is 2.32. The van der Waals surface area contributed by atoms with Crippen LogP contribution in [0.4, 0.5) is 24.7 Å². The maximum absolute atomic E-state index is 15.1. The van der Waals surface area contributed by atoms with E-state index in [-0.39, 0.29) is 27.1 Å². The maximum atomic E-state index is 15.1. The quantitative estimate of drug-likeness (QED) is 0.482. The highest BCUT2D eigenvalue weighted by Crippen LogP contribution is 2.38. The Morgan fingerprint density at radius 1 is 1.28 bits per heavy atom. The van der Waals surface area contributed by atoms with Gasteiger partial charge in [0.05, 0.1) is 21.1 Å². The summed E-state index contributed by atoms with van der Waals surface area (Å²) in [4.78, 5) is 29.8. The van der Waals surface area contributed by atoms with E-state index < -0.39 is 46.0 Å². The van der Waals surface area contributed by atoms with Gasteiger partial charge in [-0.3, -0.25) is 9.36 Å². The molecular formula is C20H17BrF3N5O3. The van der Waals surface area contributed by atoms with Gasteiger partial charge in [0.25, 0.3) is 0 Å². The lowest BCUT2D eigenvalue weighted by Crippen LogP contribution is -2.58. The summed E-state index contributed by atoms with van der Waals surface area (Å²) in [6, 6.07) is 1.55. The first kappa shape index (κ1) is 22.1. The zero-order valence-electron chi connectivity index (χ0n) is 16.6. The highest BCUT2D eigenvalue weighted by atomic mass is 79.9. The number of pyridine rings is 2. The number of hydrogen-bond donors (Lipinski definition) is 3. The number of anilines is 2. The molecule has 0 spiro atoms. The van der Waals surface area contributed by atoms with E-state index in [1.807, 2.05) is 6.92 Å². The number of carboxylic acids is 1. The van der Waals surface area contributed by atoms with E-state index in [4.69, 9.17) is 5.73 Å². The molecule has 3 heterocycles. The largest absolute Gasteiger partial charge is 0.477 e. The fraction of sp³-hybridized carbons (Fsp3) is 0.250. The molecule has 0 bridgehead atoms. The predicted molar refractivity (Wildman–Crippen MR) is 116 cm³/mol. The number of hydrogen-bond acceptors (Lipinski definition) is 6. The summed E-state index contributed by atoms with van der Waals surface area (Å²) in [5.74, 6) is -5.76. The third kappa shape index (κ3) is 3.48. The molecule has 2 aromatic heterocycles. The van der Waals surface area contributed by atoms with Gasteiger partial charge in [0.2, 0.25) is 5.43 Å². The van der Waals surface area contributed by atoms with Crippen molar-refractivity contribution in [1.29, 1.82) is 0 Å². The van der Waals surface area contributed by atoms with Crippen molar-refractivity contribution < 1.29 is 23.1 Å². The number of likely N-dealkylation sites (N-methyl/N-ethyl adjacent to an activating group) is 1. The normalized spacial score (nSPS) is 14.1. The van der Waals surface area contributed by atoms with Crippen LogP contribution in [0.5, 0.6) is 0 Å². The van der Waals surface area contributed by atoms with Crippen molar-refractivity contribution in [2.75, 3.05) is 30.3 Å². The van der Waals surface area contributed by atoms with Gasteiger partial charge >= 0.3 is 5.97 Å². The molecule has 168 valence electrons. The van der Waals surface area contributed by atoms with Gasteiger partial charge in [-0.15, -0.1) is 0 Å². The SMILES string of the molecule is CCNC1CN(c2c(F)cc3c(=O)c(C(=O)O)cn(-c4nc(N)c(F)cc4F)c3c2Br)C1. The Hall–Kier alpha value is -3.12. The van der Waals surface area contributed by atoms with Gasteiger partial charge < -0.3 is 21.1 Å². The molecule has 1 aromatic carbocycles.